The van der Waals surface area contributed by atoms with E-state index in [4.69, 9.17) is 0 Å². The topological polar surface area (TPSA) is 45.8 Å². The summed E-state index contributed by atoms with van der Waals surface area (Å²) < 4.78 is 12.9. The Hall–Kier alpha value is -1.62. The maximum Gasteiger partial charge on any atom is 0.251 e. The molecule has 1 N–H and O–H groups in total. The number of rotatable bonds is 5. The van der Waals surface area contributed by atoms with Crippen molar-refractivity contribution in [3.63, 3.8) is 0 Å². The molecule has 1 aromatic heterocycles. The molecule has 0 spiro atoms. The highest BCUT2D eigenvalue weighted by Crippen LogP contribution is 2.20. The summed E-state index contributed by atoms with van der Waals surface area (Å²) in [6.45, 7) is 4.19. The lowest BCUT2D eigenvalue weighted by Crippen LogP contribution is -2.11. The first kappa shape index (κ1) is 14.8. The van der Waals surface area contributed by atoms with E-state index < -0.39 is 0 Å². The van der Waals surface area contributed by atoms with E-state index in [1.54, 1.807) is 23.9 Å². The van der Waals surface area contributed by atoms with E-state index in [9.17, 15) is 9.18 Å². The maximum atomic E-state index is 12.9. The molecule has 5 heteroatoms. The highest BCUT2D eigenvalue weighted by molar-refractivity contribution is 7.99. The number of benzene rings is 1. The molecule has 0 amide bonds. The van der Waals surface area contributed by atoms with Gasteiger partial charge in [-0.3, -0.25) is 4.79 Å². The van der Waals surface area contributed by atoms with Crippen molar-refractivity contribution in [1.82, 2.24) is 9.97 Å². The van der Waals surface area contributed by atoms with Crippen LogP contribution in [0.5, 0.6) is 0 Å². The highest BCUT2D eigenvalue weighted by atomic mass is 32.2. The molecule has 0 fully saturated rings. The molecule has 3 nitrogen and oxygen atoms in total. The van der Waals surface area contributed by atoms with E-state index in [0.717, 1.165) is 12.0 Å². The maximum absolute atomic E-state index is 12.9. The minimum atomic E-state index is -0.263. The number of hydrogen-bond acceptors (Lipinski definition) is 3. The number of aromatic nitrogens is 2. The summed E-state index contributed by atoms with van der Waals surface area (Å²) in [5.41, 5.74) is 1.48. The first-order chi connectivity index (χ1) is 9.56. The SMILES string of the molecule is CC[C@H](C)Sc1nc(Cc2ccc(F)cc2)cc(=O)[nH]1. The van der Waals surface area contributed by atoms with E-state index in [0.29, 0.717) is 22.5 Å². The molecule has 0 radical (unpaired) electrons. The number of nitrogens with one attached hydrogen (secondary N) is 1. The van der Waals surface area contributed by atoms with Gasteiger partial charge >= 0.3 is 0 Å². The van der Waals surface area contributed by atoms with E-state index >= 15 is 0 Å². The molecule has 2 aromatic rings. The lowest BCUT2D eigenvalue weighted by atomic mass is 10.1. The van der Waals surface area contributed by atoms with Crippen molar-refractivity contribution >= 4 is 11.8 Å². The molecular formula is C15H17FN2OS. The van der Waals surface area contributed by atoms with Crippen LogP contribution in [-0.4, -0.2) is 15.2 Å². The van der Waals surface area contributed by atoms with Crippen LogP contribution in [0.25, 0.3) is 0 Å². The average molecular weight is 292 g/mol. The third-order valence-electron chi connectivity index (χ3n) is 2.96. The van der Waals surface area contributed by atoms with Crippen molar-refractivity contribution in [1.29, 1.82) is 0 Å². The summed E-state index contributed by atoms with van der Waals surface area (Å²) in [7, 11) is 0. The zero-order valence-electron chi connectivity index (χ0n) is 11.5. The monoisotopic (exact) mass is 292 g/mol. The minimum absolute atomic E-state index is 0.150. The predicted molar refractivity (Wildman–Crippen MR) is 79.7 cm³/mol. The summed E-state index contributed by atoms with van der Waals surface area (Å²) >= 11 is 1.56. The second-order valence-corrected chi connectivity index (χ2v) is 6.11. The lowest BCUT2D eigenvalue weighted by molar-refractivity contribution is 0.627. The number of thioether (sulfide) groups is 1. The summed E-state index contributed by atoms with van der Waals surface area (Å²) in [6, 6.07) is 7.73. The van der Waals surface area contributed by atoms with Crippen LogP contribution in [0.15, 0.2) is 40.3 Å². The zero-order valence-corrected chi connectivity index (χ0v) is 12.3. The molecule has 0 aliphatic carbocycles. The smallest absolute Gasteiger partial charge is 0.251 e. The number of halogens is 1. The molecular weight excluding hydrogens is 275 g/mol. The second-order valence-electron chi connectivity index (χ2n) is 4.68. The van der Waals surface area contributed by atoms with E-state index in [2.05, 4.69) is 23.8 Å². The van der Waals surface area contributed by atoms with Gasteiger partial charge in [0.2, 0.25) is 0 Å². The van der Waals surface area contributed by atoms with Crippen LogP contribution < -0.4 is 5.56 Å². The van der Waals surface area contributed by atoms with E-state index in [1.165, 1.54) is 18.2 Å². The Morgan fingerprint density at radius 1 is 1.35 bits per heavy atom. The van der Waals surface area contributed by atoms with Gasteiger partial charge in [-0.05, 0) is 24.1 Å². The Balaban J connectivity index is 2.19. The molecule has 0 aliphatic heterocycles. The van der Waals surface area contributed by atoms with E-state index in [-0.39, 0.29) is 11.4 Å². The van der Waals surface area contributed by atoms with Crippen molar-refractivity contribution in [3.8, 4) is 0 Å². The lowest BCUT2D eigenvalue weighted by Gasteiger charge is -2.08. The molecule has 1 atom stereocenters. The van der Waals surface area contributed by atoms with Crippen LogP contribution in [0, 0.1) is 5.82 Å². The van der Waals surface area contributed by atoms with Crippen LogP contribution in [0.3, 0.4) is 0 Å². The molecule has 1 heterocycles. The van der Waals surface area contributed by atoms with Crippen molar-refractivity contribution in [2.45, 2.75) is 37.1 Å². The number of aromatic amines is 1. The Kier molecular flexibility index (Phi) is 4.95. The van der Waals surface area contributed by atoms with Crippen LogP contribution in [-0.2, 0) is 6.42 Å². The molecule has 1 aromatic carbocycles. The van der Waals surface area contributed by atoms with Gasteiger partial charge in [0.25, 0.3) is 5.56 Å². The Morgan fingerprint density at radius 2 is 2.05 bits per heavy atom. The van der Waals surface area contributed by atoms with Gasteiger partial charge in [-0.1, -0.05) is 37.7 Å². The number of hydrogen-bond donors (Lipinski definition) is 1. The van der Waals surface area contributed by atoms with Crippen molar-refractivity contribution in [2.24, 2.45) is 0 Å². The fraction of sp³-hybridized carbons (Fsp3) is 0.333. The molecule has 0 aliphatic rings. The summed E-state index contributed by atoms with van der Waals surface area (Å²) in [4.78, 5) is 18.9. The standard InChI is InChI=1S/C15H17FN2OS/c1-3-10(2)20-15-17-13(9-14(19)18-15)8-11-4-6-12(16)7-5-11/h4-7,9-10H,3,8H2,1-2H3,(H,17,18,19)/t10-/m0/s1. The van der Waals surface area contributed by atoms with E-state index in [1.807, 2.05) is 0 Å². The fourth-order valence-corrected chi connectivity index (χ4v) is 2.59. The Bertz CT molecular complexity index is 625. The molecule has 106 valence electrons. The summed E-state index contributed by atoms with van der Waals surface area (Å²) in [6.07, 6.45) is 1.54. The van der Waals surface area contributed by atoms with Gasteiger partial charge in [-0.15, -0.1) is 0 Å². The van der Waals surface area contributed by atoms with Gasteiger partial charge in [-0.25, -0.2) is 9.37 Å². The molecule has 0 bridgehead atoms. The average Bonchev–Trinajstić information content (AvgIpc) is 2.40. The Labute approximate surface area is 121 Å². The molecule has 0 unspecified atom stereocenters. The molecule has 2 rings (SSSR count). The molecule has 20 heavy (non-hydrogen) atoms. The fourth-order valence-electron chi connectivity index (χ4n) is 1.72. The second kappa shape index (κ2) is 6.70. The Morgan fingerprint density at radius 3 is 2.70 bits per heavy atom. The quantitative estimate of drug-likeness (QED) is 0.678. The third kappa shape index (κ3) is 4.20. The number of nitrogens with zero attached hydrogens (tertiary/aromatic N) is 1. The van der Waals surface area contributed by atoms with Crippen LogP contribution in [0.2, 0.25) is 0 Å². The van der Waals surface area contributed by atoms with Gasteiger partial charge in [-0.2, -0.15) is 0 Å². The van der Waals surface area contributed by atoms with Gasteiger partial charge in [0, 0.05) is 17.7 Å². The van der Waals surface area contributed by atoms with Gasteiger partial charge in [0.15, 0.2) is 5.16 Å². The normalized spacial score (nSPS) is 12.3. The minimum Gasteiger partial charge on any atom is -0.301 e. The van der Waals surface area contributed by atoms with Crippen LogP contribution in [0.4, 0.5) is 4.39 Å². The van der Waals surface area contributed by atoms with Gasteiger partial charge in [0.1, 0.15) is 5.82 Å². The third-order valence-corrected chi connectivity index (χ3v) is 4.11. The van der Waals surface area contributed by atoms with Gasteiger partial charge < -0.3 is 4.98 Å². The largest absolute Gasteiger partial charge is 0.301 e. The highest BCUT2D eigenvalue weighted by Gasteiger charge is 2.07. The summed E-state index contributed by atoms with van der Waals surface area (Å²) in [5, 5.41) is 1.04. The zero-order chi connectivity index (χ0) is 14.5. The van der Waals surface area contributed by atoms with Crippen molar-refractivity contribution < 1.29 is 4.39 Å². The molecule has 0 saturated carbocycles. The van der Waals surface area contributed by atoms with Crippen molar-refractivity contribution in [3.05, 3.63) is 57.8 Å². The van der Waals surface area contributed by atoms with Crippen LogP contribution >= 0.6 is 11.8 Å². The predicted octanol–water partition coefficient (Wildman–Crippen LogP) is 3.39. The van der Waals surface area contributed by atoms with Crippen LogP contribution in [0.1, 0.15) is 31.5 Å². The van der Waals surface area contributed by atoms with Crippen molar-refractivity contribution in [2.75, 3.05) is 0 Å². The summed E-state index contributed by atoms with van der Waals surface area (Å²) in [5.74, 6) is -0.263. The number of H-pyrrole nitrogens is 1. The van der Waals surface area contributed by atoms with Gasteiger partial charge in [0.05, 0.1) is 5.69 Å². The first-order valence-electron chi connectivity index (χ1n) is 6.58. The molecule has 0 saturated heterocycles. The first-order valence-corrected chi connectivity index (χ1v) is 7.46.